The first kappa shape index (κ1) is 18.4. The van der Waals surface area contributed by atoms with Crippen molar-refractivity contribution in [3.8, 4) is 0 Å². The zero-order chi connectivity index (χ0) is 19.1. The lowest BCUT2D eigenvalue weighted by Crippen LogP contribution is -2.46. The topological polar surface area (TPSA) is 29.5 Å². The number of carbonyl (C=O) groups excluding carboxylic acids is 1. The molecule has 2 aromatic carbocycles. The molecule has 0 aromatic heterocycles. The molecule has 3 heteroatoms. The summed E-state index contributed by atoms with van der Waals surface area (Å²) in [5.41, 5.74) is 1.53. The molecule has 4 rings (SSSR count). The second-order valence-electron chi connectivity index (χ2n) is 8.98. The second-order valence-corrected chi connectivity index (χ2v) is 8.98. The van der Waals surface area contributed by atoms with Crippen molar-refractivity contribution in [2.75, 3.05) is 0 Å². The van der Waals surface area contributed by atoms with Crippen molar-refractivity contribution < 1.29 is 9.63 Å². The first-order chi connectivity index (χ1) is 12.9. The van der Waals surface area contributed by atoms with Crippen LogP contribution < -0.4 is 0 Å². The highest BCUT2D eigenvalue weighted by Crippen LogP contribution is 2.59. The van der Waals surface area contributed by atoms with Gasteiger partial charge in [0, 0.05) is 12.0 Å². The van der Waals surface area contributed by atoms with E-state index in [1.165, 1.54) is 11.1 Å². The molecule has 0 amide bonds. The number of benzene rings is 2. The maximum atomic E-state index is 13.7. The molecule has 2 fully saturated rings. The van der Waals surface area contributed by atoms with E-state index in [4.69, 9.17) is 4.84 Å². The Morgan fingerprint density at radius 3 is 2.33 bits per heavy atom. The van der Waals surface area contributed by atoms with Crippen LogP contribution in [0.1, 0.15) is 57.2 Å². The van der Waals surface area contributed by atoms with Crippen LogP contribution in [0.15, 0.2) is 60.7 Å². The Morgan fingerprint density at radius 2 is 1.70 bits per heavy atom. The van der Waals surface area contributed by atoms with E-state index >= 15 is 0 Å². The molecule has 0 unspecified atom stereocenters. The summed E-state index contributed by atoms with van der Waals surface area (Å²) in [4.78, 5) is 20.2. The normalized spacial score (nSPS) is 28.3. The van der Waals surface area contributed by atoms with Crippen LogP contribution in [0.2, 0.25) is 0 Å². The minimum atomic E-state index is -0.464. The van der Waals surface area contributed by atoms with Crippen LogP contribution in [-0.2, 0) is 16.2 Å². The fraction of sp³-hybridized carbons (Fsp3) is 0.458. The van der Waals surface area contributed by atoms with Crippen LogP contribution in [0, 0.1) is 10.8 Å². The molecule has 1 saturated heterocycles. The summed E-state index contributed by atoms with van der Waals surface area (Å²) in [6.07, 6.45) is 2.88. The SMILES string of the molecule is CC(C)(C)C(=O)[C@@]12CCC[C@H]1ON(Cc1ccccc1)[C@H]2c1ccccc1. The van der Waals surface area contributed by atoms with Gasteiger partial charge in [0.1, 0.15) is 5.78 Å². The van der Waals surface area contributed by atoms with Gasteiger partial charge in [0.2, 0.25) is 0 Å². The lowest BCUT2D eigenvalue weighted by molar-refractivity contribution is -0.171. The molecule has 1 heterocycles. The Morgan fingerprint density at radius 1 is 1.07 bits per heavy atom. The number of carbonyl (C=O) groups is 1. The lowest BCUT2D eigenvalue weighted by atomic mass is 9.65. The summed E-state index contributed by atoms with van der Waals surface area (Å²) in [6.45, 7) is 6.82. The minimum Gasteiger partial charge on any atom is -0.298 e. The third-order valence-electron chi connectivity index (χ3n) is 6.07. The number of Topliss-reactive ketones (excluding diaryl/α,β-unsaturated/α-hetero) is 1. The van der Waals surface area contributed by atoms with Gasteiger partial charge in [-0.2, -0.15) is 5.06 Å². The Hall–Kier alpha value is -1.97. The van der Waals surface area contributed by atoms with Gasteiger partial charge in [-0.15, -0.1) is 0 Å². The van der Waals surface area contributed by atoms with Crippen molar-refractivity contribution in [3.63, 3.8) is 0 Å². The van der Waals surface area contributed by atoms with Crippen molar-refractivity contribution >= 4 is 5.78 Å². The van der Waals surface area contributed by atoms with Crippen molar-refractivity contribution in [2.24, 2.45) is 10.8 Å². The molecule has 0 N–H and O–H groups in total. The Labute approximate surface area is 162 Å². The van der Waals surface area contributed by atoms with Crippen LogP contribution in [-0.4, -0.2) is 17.0 Å². The number of hydroxylamine groups is 2. The van der Waals surface area contributed by atoms with E-state index in [9.17, 15) is 4.79 Å². The van der Waals surface area contributed by atoms with E-state index in [0.29, 0.717) is 12.3 Å². The van der Waals surface area contributed by atoms with Crippen LogP contribution in [0.5, 0.6) is 0 Å². The largest absolute Gasteiger partial charge is 0.298 e. The van der Waals surface area contributed by atoms with Gasteiger partial charge in [-0.1, -0.05) is 81.4 Å². The molecule has 3 atom stereocenters. The molecule has 1 aliphatic carbocycles. The summed E-state index contributed by atoms with van der Waals surface area (Å²) >= 11 is 0. The van der Waals surface area contributed by atoms with E-state index in [1.54, 1.807) is 0 Å². The van der Waals surface area contributed by atoms with Gasteiger partial charge in [0.25, 0.3) is 0 Å². The average molecular weight is 364 g/mol. The number of hydrogen-bond donors (Lipinski definition) is 0. The Bertz CT molecular complexity index is 796. The molecule has 0 radical (unpaired) electrons. The van der Waals surface area contributed by atoms with Gasteiger partial charge >= 0.3 is 0 Å². The molecule has 1 saturated carbocycles. The second kappa shape index (κ2) is 6.88. The van der Waals surface area contributed by atoms with Gasteiger partial charge in [-0.25, -0.2) is 0 Å². The molecule has 2 aromatic rings. The molecule has 1 aliphatic heterocycles. The first-order valence-electron chi connectivity index (χ1n) is 10.00. The summed E-state index contributed by atoms with van der Waals surface area (Å²) < 4.78 is 0. The number of rotatable bonds is 4. The molecular formula is C24H29NO2. The van der Waals surface area contributed by atoms with Crippen LogP contribution in [0.4, 0.5) is 0 Å². The van der Waals surface area contributed by atoms with Crippen LogP contribution >= 0.6 is 0 Å². The third-order valence-corrected chi connectivity index (χ3v) is 6.07. The Balaban J connectivity index is 1.79. The van der Waals surface area contributed by atoms with Crippen LogP contribution in [0.3, 0.4) is 0 Å². The van der Waals surface area contributed by atoms with Crippen LogP contribution in [0.25, 0.3) is 0 Å². The van der Waals surface area contributed by atoms with Gasteiger partial charge in [-0.3, -0.25) is 9.63 Å². The zero-order valence-corrected chi connectivity index (χ0v) is 16.5. The minimum absolute atomic E-state index is 0.0295. The van der Waals surface area contributed by atoms with Crippen molar-refractivity contribution in [1.82, 2.24) is 5.06 Å². The van der Waals surface area contributed by atoms with E-state index in [0.717, 1.165) is 19.3 Å². The van der Waals surface area contributed by atoms with Crippen molar-refractivity contribution in [1.29, 1.82) is 0 Å². The smallest absolute Gasteiger partial charge is 0.149 e. The summed E-state index contributed by atoms with van der Waals surface area (Å²) in [5.74, 6) is 0.335. The molecule has 142 valence electrons. The first-order valence-corrected chi connectivity index (χ1v) is 10.00. The zero-order valence-electron chi connectivity index (χ0n) is 16.5. The van der Waals surface area contributed by atoms with Gasteiger partial charge < -0.3 is 0 Å². The third kappa shape index (κ3) is 3.13. The number of nitrogens with zero attached hydrogens (tertiary/aromatic N) is 1. The summed E-state index contributed by atoms with van der Waals surface area (Å²) in [7, 11) is 0. The fourth-order valence-electron chi connectivity index (χ4n) is 5.01. The van der Waals surface area contributed by atoms with Gasteiger partial charge in [0.15, 0.2) is 0 Å². The predicted molar refractivity (Wildman–Crippen MR) is 107 cm³/mol. The van der Waals surface area contributed by atoms with Crippen molar-refractivity contribution in [3.05, 3.63) is 71.8 Å². The molecule has 27 heavy (non-hydrogen) atoms. The number of hydrogen-bond acceptors (Lipinski definition) is 3. The standard InChI is InChI=1S/C24H29NO2/c1-23(2,3)22(26)24-16-10-15-20(24)27-25(17-18-11-6-4-7-12-18)21(24)19-13-8-5-9-14-19/h4-9,11-14,20-21H,10,15-17H2,1-3H3/t20-,21+,24+/m1/s1. The monoisotopic (exact) mass is 363 g/mol. The molecule has 3 nitrogen and oxygen atoms in total. The van der Waals surface area contributed by atoms with E-state index in [-0.39, 0.29) is 17.6 Å². The fourth-order valence-corrected chi connectivity index (χ4v) is 5.01. The lowest BCUT2D eigenvalue weighted by Gasteiger charge is -2.38. The summed E-state index contributed by atoms with van der Waals surface area (Å²) in [5, 5.41) is 2.08. The average Bonchev–Trinajstić information content (AvgIpc) is 3.18. The molecule has 0 spiro atoms. The van der Waals surface area contributed by atoms with Gasteiger partial charge in [-0.05, 0) is 30.4 Å². The maximum Gasteiger partial charge on any atom is 0.149 e. The highest BCUT2D eigenvalue weighted by Gasteiger charge is 2.64. The number of ketones is 1. The maximum absolute atomic E-state index is 13.7. The predicted octanol–water partition coefficient (Wildman–Crippen LogP) is 5.33. The molecule has 2 aliphatic rings. The van der Waals surface area contributed by atoms with E-state index in [1.807, 2.05) is 32.9 Å². The van der Waals surface area contributed by atoms with E-state index < -0.39 is 5.41 Å². The van der Waals surface area contributed by atoms with E-state index in [2.05, 4.69) is 53.6 Å². The summed E-state index contributed by atoms with van der Waals surface area (Å²) in [6, 6.07) is 20.8. The number of fused-ring (bicyclic) bond motifs is 1. The Kier molecular flexibility index (Phi) is 4.69. The van der Waals surface area contributed by atoms with Gasteiger partial charge in [0.05, 0.1) is 17.6 Å². The molecular weight excluding hydrogens is 334 g/mol. The van der Waals surface area contributed by atoms with Crippen molar-refractivity contribution in [2.45, 2.75) is 58.7 Å². The highest BCUT2D eigenvalue weighted by molar-refractivity contribution is 5.91. The molecule has 0 bridgehead atoms. The quantitative estimate of drug-likeness (QED) is 0.735. The highest BCUT2D eigenvalue weighted by atomic mass is 16.7.